The average molecular weight is 459 g/mol. The van der Waals surface area contributed by atoms with E-state index in [2.05, 4.69) is 33.9 Å². The number of para-hydroxylation sites is 1. The van der Waals surface area contributed by atoms with Crippen LogP contribution in [0.3, 0.4) is 0 Å². The van der Waals surface area contributed by atoms with Gasteiger partial charge in [0.1, 0.15) is 0 Å². The summed E-state index contributed by atoms with van der Waals surface area (Å²) in [5.74, 6) is -0.0942. The lowest BCUT2D eigenvalue weighted by atomic mass is 10.1. The molecule has 0 bridgehead atoms. The first-order valence-corrected chi connectivity index (χ1v) is 11.3. The summed E-state index contributed by atoms with van der Waals surface area (Å²) in [5, 5.41) is 5.27. The highest BCUT2D eigenvalue weighted by Crippen LogP contribution is 2.31. The molecule has 1 amide bonds. The fourth-order valence-electron chi connectivity index (χ4n) is 4.67. The molecule has 5 aromatic rings. The van der Waals surface area contributed by atoms with Crippen molar-refractivity contribution < 1.29 is 4.79 Å². The molecule has 0 radical (unpaired) electrons. The number of aryl methyl sites for hydroxylation is 3. The summed E-state index contributed by atoms with van der Waals surface area (Å²) in [7, 11) is 3.03. The van der Waals surface area contributed by atoms with Gasteiger partial charge in [-0.15, -0.1) is 0 Å². The van der Waals surface area contributed by atoms with Gasteiger partial charge in [-0.05, 0) is 37.6 Å². The molecule has 3 heterocycles. The molecule has 34 heavy (non-hydrogen) atoms. The number of carbonyl (C=O) groups is 1. The van der Waals surface area contributed by atoms with Gasteiger partial charge >= 0.3 is 5.69 Å². The Balaban J connectivity index is 1.31. The molecule has 0 aliphatic heterocycles. The molecule has 0 fully saturated rings. The van der Waals surface area contributed by atoms with Crippen LogP contribution >= 0.6 is 0 Å². The van der Waals surface area contributed by atoms with Crippen LogP contribution < -0.4 is 16.6 Å². The number of nitrogens with zero attached hydrogens (tertiary/aromatic N) is 5. The van der Waals surface area contributed by atoms with Gasteiger partial charge in [-0.3, -0.25) is 18.7 Å². The number of hydrogen-bond acceptors (Lipinski definition) is 4. The number of rotatable bonds is 6. The van der Waals surface area contributed by atoms with Crippen molar-refractivity contribution in [3.05, 3.63) is 69.6 Å². The number of benzene rings is 2. The summed E-state index contributed by atoms with van der Waals surface area (Å²) in [6, 6.07) is 14.3. The van der Waals surface area contributed by atoms with E-state index in [4.69, 9.17) is 0 Å². The Morgan fingerprint density at radius 2 is 1.76 bits per heavy atom. The highest BCUT2D eigenvalue weighted by Gasteiger charge is 2.15. The molecule has 0 saturated heterocycles. The molecule has 0 atom stereocenters. The fourth-order valence-corrected chi connectivity index (χ4v) is 4.67. The second kappa shape index (κ2) is 8.33. The molecule has 0 unspecified atom stereocenters. The van der Waals surface area contributed by atoms with Crippen molar-refractivity contribution in [1.29, 1.82) is 0 Å². The van der Waals surface area contributed by atoms with Crippen LogP contribution in [0.15, 0.2) is 58.4 Å². The number of imidazole rings is 1. The summed E-state index contributed by atoms with van der Waals surface area (Å²) < 4.78 is 6.40. The largest absolute Gasteiger partial charge is 0.341 e. The Labute approximate surface area is 194 Å². The van der Waals surface area contributed by atoms with E-state index in [-0.39, 0.29) is 11.5 Å². The zero-order valence-electron chi connectivity index (χ0n) is 19.4. The predicted molar refractivity (Wildman–Crippen MR) is 133 cm³/mol. The third-order valence-corrected chi connectivity index (χ3v) is 6.39. The quantitative estimate of drug-likeness (QED) is 0.423. The van der Waals surface area contributed by atoms with Gasteiger partial charge in [0.15, 0.2) is 11.2 Å². The van der Waals surface area contributed by atoms with Gasteiger partial charge in [-0.1, -0.05) is 18.2 Å². The van der Waals surface area contributed by atoms with Crippen LogP contribution in [-0.4, -0.2) is 29.2 Å². The van der Waals surface area contributed by atoms with Crippen LogP contribution in [0.1, 0.15) is 19.8 Å². The molecule has 1 N–H and O–H groups in total. The Hall–Kier alpha value is -4.14. The van der Waals surface area contributed by atoms with Crippen LogP contribution in [0.5, 0.6) is 0 Å². The maximum absolute atomic E-state index is 12.6. The van der Waals surface area contributed by atoms with Crippen molar-refractivity contribution in [3.8, 4) is 0 Å². The zero-order valence-corrected chi connectivity index (χ0v) is 19.4. The normalized spacial score (nSPS) is 11.6. The molecule has 0 saturated carbocycles. The predicted octanol–water partition coefficient (Wildman–Crippen LogP) is 2.98. The highest BCUT2D eigenvalue weighted by molar-refractivity contribution is 6.09. The number of fused-ring (bicyclic) bond motifs is 4. The Kier molecular flexibility index (Phi) is 5.31. The van der Waals surface area contributed by atoms with E-state index < -0.39 is 5.69 Å². The number of aromatic nitrogens is 5. The van der Waals surface area contributed by atoms with Crippen molar-refractivity contribution >= 4 is 44.6 Å². The minimum atomic E-state index is -0.416. The van der Waals surface area contributed by atoms with Gasteiger partial charge in [0.05, 0.1) is 6.33 Å². The molecule has 0 spiro atoms. The molecule has 0 aliphatic carbocycles. The SMILES string of the molecule is CCn1c2ccccc2c2cc(NC(=O)CCCn3cnc4c3c(=O)n(C)c(=O)n4C)ccc21. The minimum absolute atomic E-state index is 0.0942. The summed E-state index contributed by atoms with van der Waals surface area (Å²) in [6.45, 7) is 3.44. The Bertz CT molecular complexity index is 1680. The minimum Gasteiger partial charge on any atom is -0.341 e. The van der Waals surface area contributed by atoms with E-state index in [1.165, 1.54) is 22.5 Å². The first kappa shape index (κ1) is 21.7. The summed E-state index contributed by atoms with van der Waals surface area (Å²) >= 11 is 0. The van der Waals surface area contributed by atoms with Gasteiger partial charge in [0.25, 0.3) is 5.56 Å². The first-order valence-electron chi connectivity index (χ1n) is 11.3. The average Bonchev–Trinajstić information content (AvgIpc) is 3.40. The van der Waals surface area contributed by atoms with Crippen molar-refractivity contribution in [2.24, 2.45) is 14.1 Å². The standard InChI is InChI=1S/C25H26N6O3/c1-4-31-19-9-6-5-8-17(19)18-14-16(11-12-20(18)31)27-21(32)10-7-13-30-15-26-23-22(30)24(33)29(3)25(34)28(23)2/h5-6,8-9,11-12,14-15H,4,7,10,13H2,1-3H3,(H,27,32). The van der Waals surface area contributed by atoms with Gasteiger partial charge in [0, 0.05) is 61.1 Å². The number of anilines is 1. The van der Waals surface area contributed by atoms with Crippen LogP contribution in [0.2, 0.25) is 0 Å². The molecular formula is C25H26N6O3. The molecule has 174 valence electrons. The lowest BCUT2D eigenvalue weighted by Crippen LogP contribution is -2.37. The smallest absolute Gasteiger partial charge is 0.332 e. The maximum atomic E-state index is 12.6. The highest BCUT2D eigenvalue weighted by atomic mass is 16.2. The molecular weight excluding hydrogens is 432 g/mol. The summed E-state index contributed by atoms with van der Waals surface area (Å²) in [6.07, 6.45) is 2.36. The Morgan fingerprint density at radius 1 is 1.00 bits per heavy atom. The molecule has 3 aromatic heterocycles. The Morgan fingerprint density at radius 3 is 2.56 bits per heavy atom. The van der Waals surface area contributed by atoms with Gasteiger partial charge in [-0.25, -0.2) is 9.78 Å². The third kappa shape index (κ3) is 3.40. The van der Waals surface area contributed by atoms with Crippen molar-refractivity contribution in [2.45, 2.75) is 32.9 Å². The second-order valence-corrected chi connectivity index (χ2v) is 8.46. The van der Waals surface area contributed by atoms with Crippen molar-refractivity contribution in [2.75, 3.05) is 5.32 Å². The maximum Gasteiger partial charge on any atom is 0.332 e. The lowest BCUT2D eigenvalue weighted by Gasteiger charge is -2.08. The van der Waals surface area contributed by atoms with Crippen LogP contribution in [0.25, 0.3) is 33.0 Å². The number of hydrogen-bond donors (Lipinski definition) is 1. The molecule has 2 aromatic carbocycles. The third-order valence-electron chi connectivity index (χ3n) is 6.39. The van der Waals surface area contributed by atoms with Crippen molar-refractivity contribution in [1.82, 2.24) is 23.3 Å². The van der Waals surface area contributed by atoms with Crippen LogP contribution in [0.4, 0.5) is 5.69 Å². The fraction of sp³-hybridized carbons (Fsp3) is 0.280. The van der Waals surface area contributed by atoms with Crippen LogP contribution in [-0.2, 0) is 32.0 Å². The van der Waals surface area contributed by atoms with E-state index >= 15 is 0 Å². The first-order chi connectivity index (χ1) is 16.4. The molecule has 9 nitrogen and oxygen atoms in total. The van der Waals surface area contributed by atoms with E-state index in [0.29, 0.717) is 30.6 Å². The van der Waals surface area contributed by atoms with Gasteiger partial charge in [-0.2, -0.15) is 0 Å². The van der Waals surface area contributed by atoms with Gasteiger partial charge < -0.3 is 14.5 Å². The van der Waals surface area contributed by atoms with E-state index in [1.807, 2.05) is 30.3 Å². The zero-order chi connectivity index (χ0) is 24.0. The topological polar surface area (TPSA) is 95.8 Å². The number of carbonyl (C=O) groups excluding carboxylic acids is 1. The molecule has 0 aliphatic rings. The van der Waals surface area contributed by atoms with E-state index in [0.717, 1.165) is 27.7 Å². The number of amides is 1. The summed E-state index contributed by atoms with van der Waals surface area (Å²) in [5.41, 5.74) is 2.98. The number of nitrogens with one attached hydrogen (secondary N) is 1. The van der Waals surface area contributed by atoms with E-state index in [9.17, 15) is 14.4 Å². The molecule has 5 rings (SSSR count). The summed E-state index contributed by atoms with van der Waals surface area (Å²) in [4.78, 5) is 41.5. The van der Waals surface area contributed by atoms with Crippen molar-refractivity contribution in [3.63, 3.8) is 0 Å². The lowest BCUT2D eigenvalue weighted by molar-refractivity contribution is -0.116. The second-order valence-electron chi connectivity index (χ2n) is 8.46. The van der Waals surface area contributed by atoms with Gasteiger partial charge in [0.2, 0.25) is 5.91 Å². The van der Waals surface area contributed by atoms with Crippen LogP contribution in [0, 0.1) is 0 Å². The monoisotopic (exact) mass is 458 g/mol. The molecule has 9 heteroatoms. The van der Waals surface area contributed by atoms with E-state index in [1.54, 1.807) is 17.9 Å².